The summed E-state index contributed by atoms with van der Waals surface area (Å²) >= 11 is 0. The molecule has 0 spiro atoms. The van der Waals surface area contributed by atoms with Gasteiger partial charge < -0.3 is 15.7 Å². The number of amides is 1. The molecule has 1 rings (SSSR count). The van der Waals surface area contributed by atoms with E-state index < -0.39 is 0 Å². The van der Waals surface area contributed by atoms with Crippen molar-refractivity contribution in [3.05, 3.63) is 35.4 Å². The number of hydrogen-bond acceptors (Lipinski definition) is 3. The van der Waals surface area contributed by atoms with Gasteiger partial charge in [0, 0.05) is 20.0 Å². The van der Waals surface area contributed by atoms with Crippen LogP contribution in [0.4, 0.5) is 0 Å². The van der Waals surface area contributed by atoms with Gasteiger partial charge in [-0.25, -0.2) is 0 Å². The Bertz CT molecular complexity index is 353. The van der Waals surface area contributed by atoms with Crippen LogP contribution >= 0.6 is 0 Å². The smallest absolute Gasteiger partial charge is 0.219 e. The number of nitrogens with one attached hydrogen (secondary N) is 2. The summed E-state index contributed by atoms with van der Waals surface area (Å²) in [5.41, 5.74) is 2.08. The first-order chi connectivity index (χ1) is 8.26. The molecule has 0 aliphatic carbocycles. The van der Waals surface area contributed by atoms with Crippen molar-refractivity contribution in [3.63, 3.8) is 0 Å². The Labute approximate surface area is 102 Å². The second-order valence-electron chi connectivity index (χ2n) is 3.93. The molecule has 1 amide bonds. The maximum Gasteiger partial charge on any atom is 0.219 e. The summed E-state index contributed by atoms with van der Waals surface area (Å²) in [6.45, 7) is 1.66. The summed E-state index contributed by atoms with van der Waals surface area (Å²) in [6, 6.07) is 7.83. The molecule has 0 bridgehead atoms. The van der Waals surface area contributed by atoms with E-state index in [4.69, 9.17) is 5.11 Å². The minimum Gasteiger partial charge on any atom is -0.392 e. The van der Waals surface area contributed by atoms with Gasteiger partial charge in [-0.15, -0.1) is 0 Å². The molecular weight excluding hydrogens is 216 g/mol. The van der Waals surface area contributed by atoms with E-state index in [9.17, 15) is 4.79 Å². The molecule has 0 aliphatic rings. The third kappa shape index (κ3) is 5.47. The monoisotopic (exact) mass is 236 g/mol. The molecular formula is C13H20N2O2. The zero-order chi connectivity index (χ0) is 12.5. The number of carbonyl (C=O) groups excluding carboxylic acids is 1. The molecule has 0 saturated carbocycles. The van der Waals surface area contributed by atoms with Gasteiger partial charge in [-0.3, -0.25) is 4.79 Å². The van der Waals surface area contributed by atoms with Crippen LogP contribution in [0.15, 0.2) is 24.3 Å². The molecule has 3 N–H and O–H groups in total. The van der Waals surface area contributed by atoms with Crippen LogP contribution in [0.3, 0.4) is 0 Å². The second kappa shape index (κ2) is 7.81. The fraction of sp³-hybridized carbons (Fsp3) is 0.462. The van der Waals surface area contributed by atoms with E-state index in [-0.39, 0.29) is 12.5 Å². The lowest BCUT2D eigenvalue weighted by Crippen LogP contribution is -2.20. The van der Waals surface area contributed by atoms with Gasteiger partial charge in [0.05, 0.1) is 6.61 Å². The normalized spacial score (nSPS) is 10.2. The highest BCUT2D eigenvalue weighted by Crippen LogP contribution is 2.04. The van der Waals surface area contributed by atoms with Crippen molar-refractivity contribution >= 4 is 5.91 Å². The van der Waals surface area contributed by atoms with Crippen molar-refractivity contribution in [1.29, 1.82) is 0 Å². The van der Waals surface area contributed by atoms with Crippen LogP contribution in [-0.4, -0.2) is 24.6 Å². The van der Waals surface area contributed by atoms with Crippen LogP contribution < -0.4 is 10.6 Å². The highest BCUT2D eigenvalue weighted by Gasteiger charge is 1.98. The lowest BCUT2D eigenvalue weighted by atomic mass is 10.1. The summed E-state index contributed by atoms with van der Waals surface area (Å²) in [4.78, 5) is 11.0. The minimum absolute atomic E-state index is 0.0739. The lowest BCUT2D eigenvalue weighted by molar-refractivity contribution is -0.120. The number of carbonyl (C=O) groups is 1. The molecule has 0 saturated heterocycles. The SMILES string of the molecule is CNC(=O)CCCNCc1cccc(CO)c1. The topological polar surface area (TPSA) is 61.4 Å². The number of hydrogen-bond donors (Lipinski definition) is 3. The minimum atomic E-state index is 0.0739. The van der Waals surface area contributed by atoms with Crippen molar-refractivity contribution < 1.29 is 9.90 Å². The Morgan fingerprint density at radius 3 is 2.82 bits per heavy atom. The molecule has 0 unspecified atom stereocenters. The Morgan fingerprint density at radius 2 is 2.12 bits per heavy atom. The van der Waals surface area contributed by atoms with E-state index in [2.05, 4.69) is 10.6 Å². The molecule has 0 aliphatic heterocycles. The highest BCUT2D eigenvalue weighted by atomic mass is 16.3. The molecule has 0 aromatic heterocycles. The van der Waals surface area contributed by atoms with Gasteiger partial charge in [0.15, 0.2) is 0 Å². The van der Waals surface area contributed by atoms with Crippen LogP contribution in [0, 0.1) is 0 Å². The van der Waals surface area contributed by atoms with E-state index in [1.165, 1.54) is 0 Å². The first-order valence-electron chi connectivity index (χ1n) is 5.86. The van der Waals surface area contributed by atoms with E-state index in [1.807, 2.05) is 24.3 Å². The molecule has 4 heteroatoms. The first-order valence-corrected chi connectivity index (χ1v) is 5.86. The third-order valence-corrected chi connectivity index (χ3v) is 2.54. The van der Waals surface area contributed by atoms with Crippen molar-refractivity contribution in [3.8, 4) is 0 Å². The van der Waals surface area contributed by atoms with Gasteiger partial charge in [0.1, 0.15) is 0 Å². The summed E-state index contributed by atoms with van der Waals surface area (Å²) in [5.74, 6) is 0.0778. The molecule has 0 radical (unpaired) electrons. The van der Waals surface area contributed by atoms with Crippen molar-refractivity contribution in [2.75, 3.05) is 13.6 Å². The molecule has 0 fully saturated rings. The molecule has 0 heterocycles. The van der Waals surface area contributed by atoms with Crippen LogP contribution in [0.2, 0.25) is 0 Å². The van der Waals surface area contributed by atoms with Gasteiger partial charge in [0.2, 0.25) is 5.91 Å². The van der Waals surface area contributed by atoms with Gasteiger partial charge in [-0.1, -0.05) is 24.3 Å². The molecule has 1 aromatic carbocycles. The molecule has 94 valence electrons. The van der Waals surface area contributed by atoms with E-state index in [0.717, 1.165) is 30.6 Å². The maximum atomic E-state index is 11.0. The van der Waals surface area contributed by atoms with Gasteiger partial charge >= 0.3 is 0 Å². The number of aliphatic hydroxyl groups excluding tert-OH is 1. The van der Waals surface area contributed by atoms with Gasteiger partial charge in [-0.2, -0.15) is 0 Å². The van der Waals surface area contributed by atoms with Crippen LogP contribution in [0.25, 0.3) is 0 Å². The molecule has 1 aromatic rings. The van der Waals surface area contributed by atoms with Crippen molar-refractivity contribution in [2.24, 2.45) is 0 Å². The zero-order valence-electron chi connectivity index (χ0n) is 10.2. The van der Waals surface area contributed by atoms with Crippen LogP contribution in [-0.2, 0) is 17.9 Å². The highest BCUT2D eigenvalue weighted by molar-refractivity contribution is 5.75. The average molecular weight is 236 g/mol. The lowest BCUT2D eigenvalue weighted by Gasteiger charge is -2.06. The Kier molecular flexibility index (Phi) is 6.29. The molecule has 17 heavy (non-hydrogen) atoms. The van der Waals surface area contributed by atoms with Gasteiger partial charge in [0.25, 0.3) is 0 Å². The van der Waals surface area contributed by atoms with E-state index in [0.29, 0.717) is 6.42 Å². The Balaban J connectivity index is 2.19. The van der Waals surface area contributed by atoms with E-state index >= 15 is 0 Å². The fourth-order valence-corrected chi connectivity index (χ4v) is 1.57. The summed E-state index contributed by atoms with van der Waals surface area (Å²) in [5, 5.41) is 14.9. The quantitative estimate of drug-likeness (QED) is 0.614. The first kappa shape index (κ1) is 13.7. The summed E-state index contributed by atoms with van der Waals surface area (Å²) in [7, 11) is 1.65. The molecule has 0 atom stereocenters. The number of aliphatic hydroxyl groups is 1. The predicted molar refractivity (Wildman–Crippen MR) is 67.4 cm³/mol. The average Bonchev–Trinajstić information content (AvgIpc) is 2.38. The Morgan fingerprint density at radius 1 is 1.35 bits per heavy atom. The predicted octanol–water partition coefficient (Wildman–Crippen LogP) is 0.795. The third-order valence-electron chi connectivity index (χ3n) is 2.54. The molecule has 4 nitrogen and oxygen atoms in total. The van der Waals surface area contributed by atoms with Gasteiger partial charge in [-0.05, 0) is 24.1 Å². The van der Waals surface area contributed by atoms with Crippen molar-refractivity contribution in [2.45, 2.75) is 26.0 Å². The standard InChI is InChI=1S/C13H20N2O2/c1-14-13(17)6-3-7-15-9-11-4-2-5-12(8-11)10-16/h2,4-5,8,15-16H,3,6-7,9-10H2,1H3,(H,14,17). The summed E-state index contributed by atoms with van der Waals surface area (Å²) in [6.07, 6.45) is 1.39. The van der Waals surface area contributed by atoms with Crippen LogP contribution in [0.5, 0.6) is 0 Å². The Hall–Kier alpha value is -1.39. The van der Waals surface area contributed by atoms with E-state index in [1.54, 1.807) is 7.05 Å². The van der Waals surface area contributed by atoms with Crippen molar-refractivity contribution in [1.82, 2.24) is 10.6 Å². The summed E-state index contributed by atoms with van der Waals surface area (Å²) < 4.78 is 0. The number of rotatable bonds is 7. The fourth-order valence-electron chi connectivity index (χ4n) is 1.57. The second-order valence-corrected chi connectivity index (χ2v) is 3.93. The largest absolute Gasteiger partial charge is 0.392 e. The van der Waals surface area contributed by atoms with Crippen LogP contribution in [0.1, 0.15) is 24.0 Å². The maximum absolute atomic E-state index is 11.0. The number of benzene rings is 1. The zero-order valence-corrected chi connectivity index (χ0v) is 10.2.